The van der Waals surface area contributed by atoms with E-state index < -0.39 is 28.0 Å². The van der Waals surface area contributed by atoms with Crippen LogP contribution in [0, 0.1) is 12.7 Å². The highest BCUT2D eigenvalue weighted by atomic mass is 32.2. The fraction of sp³-hybridized carbons (Fsp3) is 0.600. The molecule has 1 saturated heterocycles. The first-order valence-electron chi connectivity index (χ1n) is 7.34. The normalized spacial score (nSPS) is 22.2. The van der Waals surface area contributed by atoms with E-state index in [9.17, 15) is 17.9 Å². The minimum atomic E-state index is -3.77. The van der Waals surface area contributed by atoms with Crippen LogP contribution in [0.15, 0.2) is 23.1 Å². The molecule has 0 aliphatic carbocycles. The number of hydrogen-bond donors (Lipinski definition) is 1. The van der Waals surface area contributed by atoms with Gasteiger partial charge in [-0.3, -0.25) is 0 Å². The summed E-state index contributed by atoms with van der Waals surface area (Å²) in [6, 6.07) is 3.54. The first-order chi connectivity index (χ1) is 9.87. The fourth-order valence-corrected chi connectivity index (χ4v) is 4.49. The molecule has 2 unspecified atom stereocenters. The van der Waals surface area contributed by atoms with Gasteiger partial charge in [0.2, 0.25) is 10.0 Å². The lowest BCUT2D eigenvalue weighted by atomic mass is 9.98. The van der Waals surface area contributed by atoms with Gasteiger partial charge in [0.25, 0.3) is 0 Å². The third-order valence-corrected chi connectivity index (χ3v) is 6.03. The maximum atomic E-state index is 13.7. The number of benzene rings is 1. The van der Waals surface area contributed by atoms with Gasteiger partial charge in [0, 0.05) is 6.54 Å². The van der Waals surface area contributed by atoms with E-state index in [1.807, 2.05) is 6.92 Å². The average Bonchev–Trinajstić information content (AvgIpc) is 2.49. The second-order valence-electron chi connectivity index (χ2n) is 5.57. The van der Waals surface area contributed by atoms with Crippen molar-refractivity contribution in [1.82, 2.24) is 4.31 Å². The molecule has 4 nitrogen and oxygen atoms in total. The summed E-state index contributed by atoms with van der Waals surface area (Å²) in [5, 5.41) is 10.1. The minimum absolute atomic E-state index is 0.0409. The number of aryl methyl sites for hydroxylation is 1. The number of sulfonamides is 1. The molecule has 1 N–H and O–H groups in total. The molecule has 0 spiro atoms. The highest BCUT2D eigenvalue weighted by Gasteiger charge is 2.36. The molecule has 0 aromatic heterocycles. The Balaban J connectivity index is 2.38. The van der Waals surface area contributed by atoms with Crippen LogP contribution in [-0.2, 0) is 10.0 Å². The number of piperidine rings is 1. The van der Waals surface area contributed by atoms with Crippen molar-refractivity contribution in [1.29, 1.82) is 0 Å². The van der Waals surface area contributed by atoms with Crippen molar-refractivity contribution >= 4 is 10.0 Å². The molecule has 1 aliphatic heterocycles. The van der Waals surface area contributed by atoms with E-state index in [0.29, 0.717) is 24.9 Å². The molecule has 21 heavy (non-hydrogen) atoms. The van der Waals surface area contributed by atoms with E-state index in [2.05, 4.69) is 0 Å². The van der Waals surface area contributed by atoms with Crippen LogP contribution in [0.2, 0.25) is 0 Å². The molecule has 2 rings (SSSR count). The van der Waals surface area contributed by atoms with Crippen LogP contribution in [0.3, 0.4) is 0 Å². The van der Waals surface area contributed by atoms with Crippen molar-refractivity contribution in [3.8, 4) is 0 Å². The Morgan fingerprint density at radius 2 is 2.14 bits per heavy atom. The van der Waals surface area contributed by atoms with Crippen LogP contribution in [0.5, 0.6) is 0 Å². The molecule has 0 radical (unpaired) electrons. The summed E-state index contributed by atoms with van der Waals surface area (Å²) >= 11 is 0. The van der Waals surface area contributed by atoms with Crippen LogP contribution < -0.4 is 0 Å². The molecule has 1 aromatic rings. The van der Waals surface area contributed by atoms with Crippen molar-refractivity contribution < 1.29 is 17.9 Å². The van der Waals surface area contributed by atoms with Crippen molar-refractivity contribution in [3.63, 3.8) is 0 Å². The molecule has 1 aromatic carbocycles. The van der Waals surface area contributed by atoms with Gasteiger partial charge in [0.1, 0.15) is 5.82 Å². The number of hydrogen-bond acceptors (Lipinski definition) is 3. The first-order valence-corrected chi connectivity index (χ1v) is 8.78. The highest BCUT2D eigenvalue weighted by Crippen LogP contribution is 2.28. The van der Waals surface area contributed by atoms with Gasteiger partial charge in [-0.15, -0.1) is 0 Å². The molecule has 1 aliphatic rings. The summed E-state index contributed by atoms with van der Waals surface area (Å²) in [6.45, 7) is 3.80. The van der Waals surface area contributed by atoms with Gasteiger partial charge in [-0.25, -0.2) is 12.8 Å². The second-order valence-corrected chi connectivity index (χ2v) is 7.46. The van der Waals surface area contributed by atoms with Gasteiger partial charge < -0.3 is 5.11 Å². The Kier molecular flexibility index (Phi) is 5.01. The predicted molar refractivity (Wildman–Crippen MR) is 79.0 cm³/mol. The standard InChI is InChI=1S/C15H22FNO3S/c1-3-15(18)14-6-4-5-9-17(14)21(19,20)12-8-7-11(2)13(16)10-12/h7-8,10,14-15,18H,3-6,9H2,1-2H3. The number of nitrogens with zero attached hydrogens (tertiary/aromatic N) is 1. The topological polar surface area (TPSA) is 57.6 Å². The van der Waals surface area contributed by atoms with Gasteiger partial charge in [0.15, 0.2) is 0 Å². The van der Waals surface area contributed by atoms with Crippen LogP contribution in [0.25, 0.3) is 0 Å². The first kappa shape index (κ1) is 16.4. The molecule has 118 valence electrons. The zero-order chi connectivity index (χ0) is 15.6. The van der Waals surface area contributed by atoms with Gasteiger partial charge in [-0.05, 0) is 43.9 Å². The number of halogens is 1. The van der Waals surface area contributed by atoms with Crippen molar-refractivity contribution in [3.05, 3.63) is 29.6 Å². The Morgan fingerprint density at radius 1 is 1.43 bits per heavy atom. The molecule has 1 heterocycles. The monoisotopic (exact) mass is 315 g/mol. The van der Waals surface area contributed by atoms with Gasteiger partial charge in [-0.2, -0.15) is 4.31 Å². The van der Waals surface area contributed by atoms with E-state index >= 15 is 0 Å². The zero-order valence-electron chi connectivity index (χ0n) is 12.4. The van der Waals surface area contributed by atoms with E-state index in [-0.39, 0.29) is 4.90 Å². The predicted octanol–water partition coefficient (Wildman–Crippen LogP) is 2.45. The molecule has 0 saturated carbocycles. The third-order valence-electron chi connectivity index (χ3n) is 4.11. The maximum absolute atomic E-state index is 13.7. The van der Waals surface area contributed by atoms with E-state index in [1.165, 1.54) is 16.4 Å². The number of rotatable bonds is 4. The van der Waals surface area contributed by atoms with Crippen molar-refractivity contribution in [2.75, 3.05) is 6.54 Å². The molecular weight excluding hydrogens is 293 g/mol. The Labute approximate surface area is 125 Å². The summed E-state index contributed by atoms with van der Waals surface area (Å²) in [4.78, 5) is -0.0409. The fourth-order valence-electron chi connectivity index (χ4n) is 2.76. The van der Waals surface area contributed by atoms with Gasteiger partial charge in [0.05, 0.1) is 17.0 Å². The van der Waals surface area contributed by atoms with Crippen LogP contribution in [0.1, 0.15) is 38.2 Å². The largest absolute Gasteiger partial charge is 0.391 e. The summed E-state index contributed by atoms with van der Waals surface area (Å²) in [7, 11) is -3.77. The average molecular weight is 315 g/mol. The summed E-state index contributed by atoms with van der Waals surface area (Å²) < 4.78 is 40.5. The molecule has 0 amide bonds. The Bertz CT molecular complexity index is 603. The van der Waals surface area contributed by atoms with Crippen molar-refractivity contribution in [2.45, 2.75) is 56.6 Å². The lowest BCUT2D eigenvalue weighted by Gasteiger charge is -2.37. The van der Waals surface area contributed by atoms with Crippen LogP contribution in [0.4, 0.5) is 4.39 Å². The maximum Gasteiger partial charge on any atom is 0.243 e. The van der Waals surface area contributed by atoms with E-state index in [1.54, 1.807) is 6.92 Å². The molecule has 2 atom stereocenters. The number of aliphatic hydroxyl groups excluding tert-OH is 1. The van der Waals surface area contributed by atoms with Crippen LogP contribution >= 0.6 is 0 Å². The van der Waals surface area contributed by atoms with Gasteiger partial charge >= 0.3 is 0 Å². The lowest BCUT2D eigenvalue weighted by molar-refractivity contribution is 0.0667. The molecular formula is C15H22FNO3S. The lowest BCUT2D eigenvalue weighted by Crippen LogP contribution is -2.49. The summed E-state index contributed by atoms with van der Waals surface area (Å²) in [6.07, 6.45) is 2.12. The Morgan fingerprint density at radius 3 is 2.76 bits per heavy atom. The summed E-state index contributed by atoms with van der Waals surface area (Å²) in [5.74, 6) is -0.527. The highest BCUT2D eigenvalue weighted by molar-refractivity contribution is 7.89. The van der Waals surface area contributed by atoms with Crippen molar-refractivity contribution in [2.24, 2.45) is 0 Å². The molecule has 1 fully saturated rings. The third kappa shape index (κ3) is 3.27. The molecule has 0 bridgehead atoms. The van der Waals surface area contributed by atoms with Gasteiger partial charge in [-0.1, -0.05) is 19.4 Å². The van der Waals surface area contributed by atoms with E-state index in [0.717, 1.165) is 18.9 Å². The number of aliphatic hydroxyl groups is 1. The second kappa shape index (κ2) is 6.42. The summed E-state index contributed by atoms with van der Waals surface area (Å²) in [5.41, 5.74) is 0.415. The quantitative estimate of drug-likeness (QED) is 0.928. The Hall–Kier alpha value is -0.980. The smallest absolute Gasteiger partial charge is 0.243 e. The minimum Gasteiger partial charge on any atom is -0.391 e. The zero-order valence-corrected chi connectivity index (χ0v) is 13.2. The SMILES string of the molecule is CCC(O)C1CCCCN1S(=O)(=O)c1ccc(C)c(F)c1. The van der Waals surface area contributed by atoms with Crippen LogP contribution in [-0.4, -0.2) is 36.5 Å². The van der Waals surface area contributed by atoms with E-state index in [4.69, 9.17) is 0 Å². The molecule has 6 heteroatoms.